The number of aliphatic hydroxyl groups excluding tert-OH is 1. The monoisotopic (exact) mass is 445 g/mol. The van der Waals surface area contributed by atoms with Crippen molar-refractivity contribution in [1.29, 1.82) is 0 Å². The molecule has 0 aliphatic rings. The highest BCUT2D eigenvalue weighted by Crippen LogP contribution is 2.35. The molecular formula is C21H23N3O6S. The van der Waals surface area contributed by atoms with Gasteiger partial charge in [-0.25, -0.2) is 8.42 Å². The Kier molecular flexibility index (Phi) is 7.94. The number of carbonyl (C=O) groups excluding carboxylic acids is 1. The van der Waals surface area contributed by atoms with Crippen LogP contribution in [0.25, 0.3) is 6.08 Å². The number of ether oxygens (including phenoxy) is 1. The molecule has 1 amide bonds. The van der Waals surface area contributed by atoms with Crippen LogP contribution in [-0.4, -0.2) is 50.3 Å². The maximum Gasteiger partial charge on any atom is 0.279 e. The van der Waals surface area contributed by atoms with E-state index in [1.807, 2.05) is 0 Å². The largest absolute Gasteiger partial charge is 0.507 e. The highest BCUT2D eigenvalue weighted by Gasteiger charge is 2.15. The Balaban J connectivity index is 2.46. The zero-order valence-electron chi connectivity index (χ0n) is 16.9. The van der Waals surface area contributed by atoms with Gasteiger partial charge in [-0.3, -0.25) is 4.79 Å². The van der Waals surface area contributed by atoms with Gasteiger partial charge in [0.15, 0.2) is 9.84 Å². The van der Waals surface area contributed by atoms with Gasteiger partial charge in [0, 0.05) is 18.9 Å². The van der Waals surface area contributed by atoms with Crippen molar-refractivity contribution in [2.24, 2.45) is 10.7 Å². The van der Waals surface area contributed by atoms with E-state index in [9.17, 15) is 18.3 Å². The topological polar surface area (TPSA) is 151 Å². The molecule has 0 unspecified atom stereocenters. The van der Waals surface area contributed by atoms with Gasteiger partial charge < -0.3 is 26.0 Å². The van der Waals surface area contributed by atoms with Crippen LogP contribution in [0.4, 0.5) is 0 Å². The van der Waals surface area contributed by atoms with Crippen LogP contribution in [0.5, 0.6) is 17.2 Å². The number of benzene rings is 2. The number of carbonyl (C=O) groups is 1. The number of amidine groups is 1. The lowest BCUT2D eigenvalue weighted by molar-refractivity contribution is 0.100. The van der Waals surface area contributed by atoms with Gasteiger partial charge in [-0.1, -0.05) is 6.08 Å². The minimum atomic E-state index is -3.37. The fourth-order valence-corrected chi connectivity index (χ4v) is 3.06. The molecule has 0 bridgehead atoms. The number of aromatic hydroxyl groups is 1. The number of amides is 1. The summed E-state index contributed by atoms with van der Waals surface area (Å²) in [5.41, 5.74) is 5.89. The predicted molar refractivity (Wildman–Crippen MR) is 118 cm³/mol. The second-order valence-electron chi connectivity index (χ2n) is 6.30. The number of hydrogen-bond acceptors (Lipinski definition) is 7. The van der Waals surface area contributed by atoms with Gasteiger partial charge in [0.2, 0.25) is 0 Å². The normalized spacial score (nSPS) is 12.4. The lowest BCUT2D eigenvalue weighted by Crippen LogP contribution is -2.12. The molecule has 2 aromatic carbocycles. The number of hydrogen-bond donors (Lipinski definition) is 4. The Labute approximate surface area is 180 Å². The summed E-state index contributed by atoms with van der Waals surface area (Å²) in [7, 11) is -1.71. The van der Waals surface area contributed by atoms with Crippen molar-refractivity contribution in [3.8, 4) is 17.2 Å². The summed E-state index contributed by atoms with van der Waals surface area (Å²) in [5.74, 6) is -0.655. The third-order valence-corrected chi connectivity index (χ3v) is 5.02. The first-order valence-corrected chi connectivity index (χ1v) is 10.9. The molecule has 9 nitrogen and oxygen atoms in total. The first kappa shape index (κ1) is 23.6. The van der Waals surface area contributed by atoms with Gasteiger partial charge >= 0.3 is 0 Å². The average molecular weight is 445 g/mol. The summed E-state index contributed by atoms with van der Waals surface area (Å²) >= 11 is 0. The van der Waals surface area contributed by atoms with Gasteiger partial charge in [-0.2, -0.15) is 4.99 Å². The van der Waals surface area contributed by atoms with E-state index < -0.39 is 15.7 Å². The van der Waals surface area contributed by atoms with Crippen LogP contribution in [0.2, 0.25) is 0 Å². The number of phenols is 1. The van der Waals surface area contributed by atoms with E-state index >= 15 is 0 Å². The van der Waals surface area contributed by atoms with E-state index in [-0.39, 0.29) is 45.7 Å². The molecule has 0 radical (unpaired) electrons. The molecule has 0 aromatic heterocycles. The zero-order chi connectivity index (χ0) is 23.0. The van der Waals surface area contributed by atoms with Crippen molar-refractivity contribution >= 4 is 27.7 Å². The molecule has 0 atom stereocenters. The number of aliphatic imine (C=N–C) groups is 1. The molecule has 0 spiro atoms. The third-order valence-electron chi connectivity index (χ3n) is 3.89. The molecule has 10 heteroatoms. The van der Waals surface area contributed by atoms with E-state index in [1.54, 1.807) is 7.05 Å². The molecule has 2 rings (SSSR count). The summed E-state index contributed by atoms with van der Waals surface area (Å²) in [5, 5.41) is 22.2. The van der Waals surface area contributed by atoms with Gasteiger partial charge in [0.1, 0.15) is 23.1 Å². The number of nitrogens with two attached hydrogens (primary N) is 1. The van der Waals surface area contributed by atoms with Crippen LogP contribution in [-0.2, 0) is 9.84 Å². The zero-order valence-corrected chi connectivity index (χ0v) is 17.8. The number of rotatable bonds is 8. The van der Waals surface area contributed by atoms with E-state index in [0.717, 1.165) is 6.26 Å². The number of phenolic OH excluding ortho intramolecular Hbond substituents is 1. The first-order chi connectivity index (χ1) is 14.7. The smallest absolute Gasteiger partial charge is 0.279 e. The van der Waals surface area contributed by atoms with Crippen LogP contribution in [0, 0.1) is 0 Å². The predicted octanol–water partition coefficient (Wildman–Crippen LogP) is 1.82. The van der Waals surface area contributed by atoms with Crippen molar-refractivity contribution in [1.82, 2.24) is 5.32 Å². The van der Waals surface area contributed by atoms with Crippen LogP contribution >= 0.6 is 0 Å². The third kappa shape index (κ3) is 6.69. The summed E-state index contributed by atoms with van der Waals surface area (Å²) in [6.07, 6.45) is 6.80. The molecule has 0 fully saturated rings. The van der Waals surface area contributed by atoms with Crippen LogP contribution < -0.4 is 15.8 Å². The Hall–Kier alpha value is -3.63. The summed E-state index contributed by atoms with van der Waals surface area (Å²) in [6, 6.07) is 8.21. The highest BCUT2D eigenvalue weighted by atomic mass is 32.2. The lowest BCUT2D eigenvalue weighted by Gasteiger charge is -2.12. The van der Waals surface area contributed by atoms with E-state index in [4.69, 9.17) is 15.6 Å². The maximum absolute atomic E-state index is 12.4. The summed E-state index contributed by atoms with van der Waals surface area (Å²) in [6.45, 7) is -0.277. The SMILES string of the molecule is CN/C=C\C(N)=NC(=O)c1cc(O)c(/C=C/CO)c(Oc2ccc(S(C)(=O)=O)cc2)c1. The van der Waals surface area contributed by atoms with Crippen LogP contribution in [0.15, 0.2) is 64.6 Å². The van der Waals surface area contributed by atoms with Crippen LogP contribution in [0.3, 0.4) is 0 Å². The molecule has 2 aromatic rings. The molecule has 0 saturated carbocycles. The van der Waals surface area contributed by atoms with E-state index in [1.165, 1.54) is 60.8 Å². The first-order valence-electron chi connectivity index (χ1n) is 9.00. The number of aliphatic hydroxyl groups is 1. The fourth-order valence-electron chi connectivity index (χ4n) is 2.43. The van der Waals surface area contributed by atoms with E-state index in [0.29, 0.717) is 0 Å². The summed E-state index contributed by atoms with van der Waals surface area (Å²) in [4.78, 5) is 16.3. The number of sulfone groups is 1. The molecule has 0 saturated heterocycles. The number of nitrogens with zero attached hydrogens (tertiary/aromatic N) is 1. The van der Waals surface area contributed by atoms with Crippen LogP contribution in [0.1, 0.15) is 15.9 Å². The Morgan fingerprint density at radius 3 is 2.52 bits per heavy atom. The second-order valence-corrected chi connectivity index (χ2v) is 8.32. The van der Waals surface area contributed by atoms with Gasteiger partial charge in [0.25, 0.3) is 5.91 Å². The highest BCUT2D eigenvalue weighted by molar-refractivity contribution is 7.90. The Bertz CT molecular complexity index is 1140. The van der Waals surface area contributed by atoms with Crippen molar-refractivity contribution < 1.29 is 28.2 Å². The molecule has 0 heterocycles. The van der Waals surface area contributed by atoms with Gasteiger partial charge in [0.05, 0.1) is 17.1 Å². The van der Waals surface area contributed by atoms with Crippen molar-refractivity contribution in [2.75, 3.05) is 19.9 Å². The minimum absolute atomic E-state index is 0.0159. The summed E-state index contributed by atoms with van der Waals surface area (Å²) < 4.78 is 29.0. The molecule has 31 heavy (non-hydrogen) atoms. The molecule has 0 aliphatic heterocycles. The van der Waals surface area contributed by atoms with Gasteiger partial charge in [-0.15, -0.1) is 0 Å². The molecule has 164 valence electrons. The second kappa shape index (κ2) is 10.4. The lowest BCUT2D eigenvalue weighted by atomic mass is 10.1. The minimum Gasteiger partial charge on any atom is -0.507 e. The van der Waals surface area contributed by atoms with Gasteiger partial charge in [-0.05, 0) is 54.8 Å². The molecule has 5 N–H and O–H groups in total. The average Bonchev–Trinajstić information content (AvgIpc) is 2.71. The van der Waals surface area contributed by atoms with Crippen molar-refractivity contribution in [3.63, 3.8) is 0 Å². The number of nitrogens with one attached hydrogen (secondary N) is 1. The van der Waals surface area contributed by atoms with Crippen molar-refractivity contribution in [3.05, 3.63) is 65.9 Å². The Morgan fingerprint density at radius 1 is 1.26 bits per heavy atom. The standard InChI is InChI=1S/C21H23N3O6S/c1-23-10-9-20(22)24-21(27)14-12-18(26)17(4-3-11-25)19(13-14)30-15-5-7-16(8-6-15)31(2,28)29/h3-10,12-13,23,25-26H,11H2,1-2H3,(H2,22,24,27)/b4-3+,10-9-. The quantitative estimate of drug-likeness (QED) is 0.355. The maximum atomic E-state index is 12.4. The fraction of sp³-hybridized carbons (Fsp3) is 0.143. The Morgan fingerprint density at radius 2 is 1.94 bits per heavy atom. The molecule has 0 aliphatic carbocycles. The van der Waals surface area contributed by atoms with E-state index in [2.05, 4.69) is 10.3 Å². The van der Waals surface area contributed by atoms with Crippen molar-refractivity contribution in [2.45, 2.75) is 4.90 Å². The molecular weight excluding hydrogens is 422 g/mol.